The highest BCUT2D eigenvalue weighted by atomic mass is 15.4. The molecule has 0 saturated carbocycles. The molecule has 0 spiro atoms. The molecule has 2 heterocycles. The summed E-state index contributed by atoms with van der Waals surface area (Å²) >= 11 is 0. The summed E-state index contributed by atoms with van der Waals surface area (Å²) in [5.41, 5.74) is 1.04. The lowest BCUT2D eigenvalue weighted by Crippen LogP contribution is -2.36. The number of nitrogens with one attached hydrogen (secondary N) is 1. The summed E-state index contributed by atoms with van der Waals surface area (Å²) in [4.78, 5) is 2.55. The number of nitrogens with zero attached hydrogens (tertiary/aromatic N) is 4. The van der Waals surface area contributed by atoms with Crippen LogP contribution in [-0.2, 0) is 13.1 Å². The van der Waals surface area contributed by atoms with Gasteiger partial charge in [-0.2, -0.15) is 0 Å². The van der Waals surface area contributed by atoms with E-state index in [1.165, 1.54) is 25.9 Å². The van der Waals surface area contributed by atoms with Gasteiger partial charge in [-0.15, -0.1) is 5.10 Å². The smallest absolute Gasteiger partial charge is 0.0964 e. The highest BCUT2D eigenvalue weighted by Crippen LogP contribution is 2.14. The van der Waals surface area contributed by atoms with Crippen LogP contribution >= 0.6 is 0 Å². The van der Waals surface area contributed by atoms with Gasteiger partial charge in [-0.3, -0.25) is 4.68 Å². The number of hydrogen-bond acceptors (Lipinski definition) is 4. The van der Waals surface area contributed by atoms with Gasteiger partial charge in [0.2, 0.25) is 0 Å². The molecule has 0 radical (unpaired) electrons. The maximum atomic E-state index is 4.22. The van der Waals surface area contributed by atoms with Crippen LogP contribution < -0.4 is 5.32 Å². The largest absolute Gasteiger partial charge is 0.311 e. The van der Waals surface area contributed by atoms with Crippen molar-refractivity contribution in [2.24, 2.45) is 11.8 Å². The van der Waals surface area contributed by atoms with Crippen LogP contribution in [-0.4, -0.2) is 46.1 Å². The van der Waals surface area contributed by atoms with Crippen LogP contribution in [0.15, 0.2) is 6.20 Å². The number of likely N-dealkylation sites (tertiary alicyclic amines) is 1. The van der Waals surface area contributed by atoms with Gasteiger partial charge in [0.15, 0.2) is 0 Å². The summed E-state index contributed by atoms with van der Waals surface area (Å²) in [6.07, 6.45) is 4.79. The second kappa shape index (κ2) is 7.74. The van der Waals surface area contributed by atoms with E-state index in [0.717, 1.165) is 37.8 Å². The molecule has 5 heteroatoms. The van der Waals surface area contributed by atoms with Gasteiger partial charge in [0.25, 0.3) is 0 Å². The average molecular weight is 279 g/mol. The lowest BCUT2D eigenvalue weighted by Gasteiger charge is -2.30. The molecule has 5 nitrogen and oxygen atoms in total. The average Bonchev–Trinajstić information content (AvgIpc) is 2.84. The van der Waals surface area contributed by atoms with Crippen LogP contribution in [0, 0.1) is 11.8 Å². The van der Waals surface area contributed by atoms with Gasteiger partial charge in [0, 0.05) is 25.8 Å². The Kier molecular flexibility index (Phi) is 5.98. The van der Waals surface area contributed by atoms with Crippen LogP contribution in [0.3, 0.4) is 0 Å². The first kappa shape index (κ1) is 15.4. The van der Waals surface area contributed by atoms with Gasteiger partial charge in [-0.05, 0) is 37.8 Å². The van der Waals surface area contributed by atoms with Gasteiger partial charge in [-0.25, -0.2) is 0 Å². The molecule has 1 aliphatic rings. The van der Waals surface area contributed by atoms with Crippen molar-refractivity contribution in [2.45, 2.75) is 46.7 Å². The zero-order chi connectivity index (χ0) is 14.4. The Hall–Kier alpha value is -0.940. The predicted molar refractivity (Wildman–Crippen MR) is 81.4 cm³/mol. The number of piperidine rings is 1. The Bertz CT molecular complexity index is 387. The highest BCUT2D eigenvalue weighted by molar-refractivity contribution is 4.91. The van der Waals surface area contributed by atoms with E-state index in [1.54, 1.807) is 0 Å². The molecule has 1 N–H and O–H groups in total. The van der Waals surface area contributed by atoms with Crippen molar-refractivity contribution in [3.8, 4) is 0 Å². The predicted octanol–water partition coefficient (Wildman–Crippen LogP) is 1.76. The SMILES string of the molecule is CC(C)CNCc1cn(CCN2CCCC(C)C2)nn1. The van der Waals surface area contributed by atoms with Gasteiger partial charge in [0.1, 0.15) is 0 Å². The van der Waals surface area contributed by atoms with Crippen LogP contribution in [0.1, 0.15) is 39.3 Å². The van der Waals surface area contributed by atoms with Gasteiger partial charge in [0.05, 0.1) is 12.2 Å². The summed E-state index contributed by atoms with van der Waals surface area (Å²) in [6, 6.07) is 0. The molecule has 1 unspecified atom stereocenters. The van der Waals surface area contributed by atoms with E-state index in [2.05, 4.69) is 47.5 Å². The topological polar surface area (TPSA) is 46.0 Å². The molecule has 20 heavy (non-hydrogen) atoms. The minimum atomic E-state index is 0.672. The van der Waals surface area contributed by atoms with E-state index in [4.69, 9.17) is 0 Å². The van der Waals surface area contributed by atoms with E-state index in [0.29, 0.717) is 5.92 Å². The molecule has 0 amide bonds. The van der Waals surface area contributed by atoms with E-state index in [1.807, 2.05) is 4.68 Å². The quantitative estimate of drug-likeness (QED) is 0.826. The first-order valence-corrected chi connectivity index (χ1v) is 7.95. The van der Waals surface area contributed by atoms with Crippen LogP contribution in [0.2, 0.25) is 0 Å². The molecule has 1 saturated heterocycles. The third-order valence-corrected chi connectivity index (χ3v) is 3.83. The molecule has 1 aromatic rings. The molecule has 2 rings (SSSR count). The lowest BCUT2D eigenvalue weighted by molar-refractivity contribution is 0.176. The summed E-state index contributed by atoms with van der Waals surface area (Å²) in [5.74, 6) is 1.52. The first-order valence-electron chi connectivity index (χ1n) is 7.95. The van der Waals surface area contributed by atoms with Gasteiger partial charge in [-0.1, -0.05) is 26.0 Å². The summed E-state index contributed by atoms with van der Waals surface area (Å²) in [7, 11) is 0. The highest BCUT2D eigenvalue weighted by Gasteiger charge is 2.15. The van der Waals surface area contributed by atoms with Crippen molar-refractivity contribution in [1.29, 1.82) is 0 Å². The fourth-order valence-electron chi connectivity index (χ4n) is 2.75. The van der Waals surface area contributed by atoms with Crippen LogP contribution in [0.4, 0.5) is 0 Å². The van der Waals surface area contributed by atoms with Crippen molar-refractivity contribution in [3.05, 3.63) is 11.9 Å². The first-order chi connectivity index (χ1) is 9.63. The molecule has 1 atom stereocenters. The second-order valence-corrected chi connectivity index (χ2v) is 6.55. The van der Waals surface area contributed by atoms with E-state index >= 15 is 0 Å². The standard InChI is InChI=1S/C15H29N5/c1-13(2)9-16-10-15-12-20(18-17-15)8-7-19-6-4-5-14(3)11-19/h12-14,16H,4-11H2,1-3H3. The van der Waals surface area contributed by atoms with Crippen molar-refractivity contribution in [3.63, 3.8) is 0 Å². The Morgan fingerprint density at radius 3 is 3.00 bits per heavy atom. The van der Waals surface area contributed by atoms with Crippen molar-refractivity contribution >= 4 is 0 Å². The summed E-state index contributed by atoms with van der Waals surface area (Å²) < 4.78 is 1.98. The molecule has 0 bridgehead atoms. The van der Waals surface area contributed by atoms with Crippen molar-refractivity contribution in [2.75, 3.05) is 26.2 Å². The third-order valence-electron chi connectivity index (χ3n) is 3.83. The summed E-state index contributed by atoms with van der Waals surface area (Å²) in [6.45, 7) is 13.1. The third kappa shape index (κ3) is 5.21. The normalized spacial score (nSPS) is 20.7. The summed E-state index contributed by atoms with van der Waals surface area (Å²) in [5, 5.41) is 11.8. The Labute approximate surface area is 122 Å². The Balaban J connectivity index is 1.69. The van der Waals surface area contributed by atoms with E-state index in [9.17, 15) is 0 Å². The molecule has 114 valence electrons. The Morgan fingerprint density at radius 1 is 1.40 bits per heavy atom. The molecular formula is C15H29N5. The Morgan fingerprint density at radius 2 is 2.25 bits per heavy atom. The zero-order valence-corrected chi connectivity index (χ0v) is 13.2. The molecule has 1 aromatic heterocycles. The van der Waals surface area contributed by atoms with Crippen LogP contribution in [0.5, 0.6) is 0 Å². The maximum absolute atomic E-state index is 4.22. The van der Waals surface area contributed by atoms with Gasteiger partial charge >= 0.3 is 0 Å². The minimum absolute atomic E-state index is 0.672. The molecule has 1 aliphatic heterocycles. The maximum Gasteiger partial charge on any atom is 0.0964 e. The molecule has 0 aliphatic carbocycles. The lowest BCUT2D eigenvalue weighted by atomic mass is 10.0. The zero-order valence-electron chi connectivity index (χ0n) is 13.2. The van der Waals surface area contributed by atoms with Crippen molar-refractivity contribution < 1.29 is 0 Å². The fraction of sp³-hybridized carbons (Fsp3) is 0.867. The number of hydrogen-bond donors (Lipinski definition) is 1. The fourth-order valence-corrected chi connectivity index (χ4v) is 2.75. The van der Waals surface area contributed by atoms with Gasteiger partial charge < -0.3 is 10.2 Å². The molecular weight excluding hydrogens is 250 g/mol. The molecule has 0 aromatic carbocycles. The van der Waals surface area contributed by atoms with E-state index < -0.39 is 0 Å². The van der Waals surface area contributed by atoms with Crippen molar-refractivity contribution in [1.82, 2.24) is 25.2 Å². The monoisotopic (exact) mass is 279 g/mol. The second-order valence-electron chi connectivity index (χ2n) is 6.55. The molecule has 1 fully saturated rings. The number of aromatic nitrogens is 3. The number of rotatable bonds is 7. The van der Waals surface area contributed by atoms with Crippen LogP contribution in [0.25, 0.3) is 0 Å². The van der Waals surface area contributed by atoms with E-state index in [-0.39, 0.29) is 0 Å². The minimum Gasteiger partial charge on any atom is -0.311 e.